The monoisotopic (exact) mass is 460 g/mol. The highest BCUT2D eigenvalue weighted by Crippen LogP contribution is 2.33. The third kappa shape index (κ3) is 5.80. The van der Waals surface area contributed by atoms with Crippen molar-refractivity contribution in [2.75, 3.05) is 18.5 Å². The molecule has 0 aliphatic rings. The lowest BCUT2D eigenvalue weighted by Gasteiger charge is -2.16. The Morgan fingerprint density at radius 1 is 0.939 bits per heavy atom. The lowest BCUT2D eigenvalue weighted by molar-refractivity contribution is 0.0900. The van der Waals surface area contributed by atoms with Crippen LogP contribution in [0.2, 0.25) is 25.7 Å². The van der Waals surface area contributed by atoms with Crippen LogP contribution in [-0.4, -0.2) is 35.8 Å². The van der Waals surface area contributed by atoms with Crippen LogP contribution in [0.5, 0.6) is 11.6 Å². The molecule has 2 aromatic heterocycles. The molecule has 0 aliphatic heterocycles. The number of fused-ring (bicyclic) bond motifs is 1. The Hall–Kier alpha value is -3.16. The largest absolute Gasteiger partial charge is 0.437 e. The summed E-state index contributed by atoms with van der Waals surface area (Å²) in [5.74, 6) is 1.25. The predicted octanol–water partition coefficient (Wildman–Crippen LogP) is 6.63. The number of hydrogen-bond donors (Lipinski definition) is 1. The molecule has 0 amide bonds. The van der Waals surface area contributed by atoms with Crippen LogP contribution in [0.4, 0.5) is 5.69 Å². The number of rotatable bonds is 10. The van der Waals surface area contributed by atoms with Crippen molar-refractivity contribution in [3.8, 4) is 22.8 Å². The average molecular weight is 461 g/mol. The van der Waals surface area contributed by atoms with Crippen molar-refractivity contribution in [1.29, 1.82) is 0 Å². The van der Waals surface area contributed by atoms with Crippen molar-refractivity contribution in [2.24, 2.45) is 0 Å². The second kappa shape index (κ2) is 10.2. The van der Waals surface area contributed by atoms with Gasteiger partial charge in [-0.3, -0.25) is 0 Å². The van der Waals surface area contributed by atoms with Gasteiger partial charge in [0.05, 0.1) is 5.69 Å². The van der Waals surface area contributed by atoms with E-state index in [4.69, 9.17) is 9.47 Å². The van der Waals surface area contributed by atoms with E-state index in [1.165, 1.54) is 5.56 Å². The Morgan fingerprint density at radius 3 is 2.36 bits per heavy atom. The van der Waals surface area contributed by atoms with Gasteiger partial charge in [-0.1, -0.05) is 62.1 Å². The van der Waals surface area contributed by atoms with E-state index in [9.17, 15) is 0 Å². The van der Waals surface area contributed by atoms with Gasteiger partial charge in [0.2, 0.25) is 5.88 Å². The zero-order chi connectivity index (χ0) is 23.3. The van der Waals surface area contributed by atoms with E-state index in [2.05, 4.69) is 66.1 Å². The maximum Gasteiger partial charge on any atom is 0.247 e. The molecular weight excluding hydrogens is 428 g/mol. The molecule has 33 heavy (non-hydrogen) atoms. The van der Waals surface area contributed by atoms with E-state index >= 15 is 0 Å². The van der Waals surface area contributed by atoms with E-state index in [0.717, 1.165) is 47.2 Å². The van der Waals surface area contributed by atoms with Crippen LogP contribution in [0, 0.1) is 0 Å². The SMILES string of the molecule is CCNc1cn(COCC[Si](C)(C)C)c2c(Oc3ccc(-c4ccccc4)cc3)ncnc12. The second-order valence-electron chi connectivity index (χ2n) is 9.26. The van der Waals surface area contributed by atoms with Gasteiger partial charge in [0.25, 0.3) is 0 Å². The van der Waals surface area contributed by atoms with Crippen LogP contribution >= 0.6 is 0 Å². The first-order valence-electron chi connectivity index (χ1n) is 11.4. The second-order valence-corrected chi connectivity index (χ2v) is 14.9. The molecule has 0 spiro atoms. The van der Waals surface area contributed by atoms with E-state index < -0.39 is 8.07 Å². The minimum absolute atomic E-state index is 0.434. The highest BCUT2D eigenvalue weighted by atomic mass is 28.3. The molecule has 0 atom stereocenters. The molecule has 2 heterocycles. The standard InChI is InChI=1S/C26H32N4O2Si/c1-5-27-23-17-30(19-31-15-16-33(2,3)4)25-24(23)28-18-29-26(25)32-22-13-11-21(12-14-22)20-9-7-6-8-10-20/h6-14,17-18,27H,5,15-16,19H2,1-4H3. The molecule has 0 aliphatic carbocycles. The van der Waals surface area contributed by atoms with Gasteiger partial charge >= 0.3 is 0 Å². The van der Waals surface area contributed by atoms with E-state index in [1.54, 1.807) is 6.33 Å². The van der Waals surface area contributed by atoms with E-state index in [1.807, 2.05) is 41.1 Å². The highest BCUT2D eigenvalue weighted by molar-refractivity contribution is 6.76. The van der Waals surface area contributed by atoms with Crippen molar-refractivity contribution in [2.45, 2.75) is 39.3 Å². The minimum atomic E-state index is -1.14. The van der Waals surface area contributed by atoms with Gasteiger partial charge < -0.3 is 19.4 Å². The van der Waals surface area contributed by atoms with Crippen molar-refractivity contribution >= 4 is 24.8 Å². The van der Waals surface area contributed by atoms with Crippen LogP contribution in [0.3, 0.4) is 0 Å². The molecule has 4 rings (SSSR count). The molecule has 0 saturated heterocycles. The Kier molecular flexibility index (Phi) is 7.10. The normalized spacial score (nSPS) is 11.6. The first-order valence-corrected chi connectivity index (χ1v) is 15.1. The summed E-state index contributed by atoms with van der Waals surface area (Å²) in [4.78, 5) is 8.97. The van der Waals surface area contributed by atoms with Crippen LogP contribution in [0.25, 0.3) is 22.2 Å². The van der Waals surface area contributed by atoms with Crippen molar-refractivity contribution in [3.63, 3.8) is 0 Å². The molecule has 0 radical (unpaired) electrons. The van der Waals surface area contributed by atoms with Crippen molar-refractivity contribution < 1.29 is 9.47 Å². The fraction of sp³-hybridized carbons (Fsp3) is 0.308. The topological polar surface area (TPSA) is 61.2 Å². The molecule has 0 fully saturated rings. The number of nitrogens with zero attached hydrogens (tertiary/aromatic N) is 3. The third-order valence-electron chi connectivity index (χ3n) is 5.39. The van der Waals surface area contributed by atoms with Gasteiger partial charge in [0, 0.05) is 27.4 Å². The van der Waals surface area contributed by atoms with Gasteiger partial charge in [0.15, 0.2) is 0 Å². The first kappa shape index (κ1) is 23.0. The van der Waals surface area contributed by atoms with Gasteiger partial charge in [-0.2, -0.15) is 4.98 Å². The summed E-state index contributed by atoms with van der Waals surface area (Å²) in [7, 11) is -1.14. The van der Waals surface area contributed by atoms with Gasteiger partial charge in [-0.25, -0.2) is 4.98 Å². The first-order chi connectivity index (χ1) is 15.9. The summed E-state index contributed by atoms with van der Waals surface area (Å²) < 4.78 is 14.3. The number of nitrogens with one attached hydrogen (secondary N) is 1. The quantitative estimate of drug-likeness (QED) is 0.212. The molecular formula is C26H32N4O2Si. The highest BCUT2D eigenvalue weighted by Gasteiger charge is 2.17. The number of benzene rings is 2. The molecule has 0 saturated carbocycles. The van der Waals surface area contributed by atoms with Crippen LogP contribution in [-0.2, 0) is 11.5 Å². The van der Waals surface area contributed by atoms with Crippen LogP contribution < -0.4 is 10.1 Å². The Balaban J connectivity index is 1.59. The molecule has 2 aromatic carbocycles. The summed E-state index contributed by atoms with van der Waals surface area (Å²) in [6, 6.07) is 19.5. The van der Waals surface area contributed by atoms with E-state index in [0.29, 0.717) is 12.6 Å². The zero-order valence-electron chi connectivity index (χ0n) is 19.8. The lowest BCUT2D eigenvalue weighted by Crippen LogP contribution is -2.22. The summed E-state index contributed by atoms with van der Waals surface area (Å²) in [6.07, 6.45) is 3.58. The van der Waals surface area contributed by atoms with E-state index in [-0.39, 0.29) is 0 Å². The smallest absolute Gasteiger partial charge is 0.247 e. The molecule has 1 N–H and O–H groups in total. The van der Waals surface area contributed by atoms with Crippen LogP contribution in [0.15, 0.2) is 67.1 Å². The number of ether oxygens (including phenoxy) is 2. The fourth-order valence-electron chi connectivity index (χ4n) is 3.60. The Labute approximate surface area is 196 Å². The molecule has 172 valence electrons. The average Bonchev–Trinajstić information content (AvgIpc) is 3.16. The summed E-state index contributed by atoms with van der Waals surface area (Å²) in [6.45, 7) is 11.1. The molecule has 0 unspecified atom stereocenters. The summed E-state index contributed by atoms with van der Waals surface area (Å²) >= 11 is 0. The maximum absolute atomic E-state index is 6.23. The predicted molar refractivity (Wildman–Crippen MR) is 138 cm³/mol. The number of anilines is 1. The zero-order valence-corrected chi connectivity index (χ0v) is 20.8. The minimum Gasteiger partial charge on any atom is -0.437 e. The van der Waals surface area contributed by atoms with Gasteiger partial charge in [-0.15, -0.1) is 0 Å². The number of hydrogen-bond acceptors (Lipinski definition) is 5. The Bertz CT molecular complexity index is 1180. The molecule has 6 nitrogen and oxygen atoms in total. The van der Waals surface area contributed by atoms with Crippen molar-refractivity contribution in [3.05, 3.63) is 67.1 Å². The summed E-state index contributed by atoms with van der Waals surface area (Å²) in [5.41, 5.74) is 4.93. The summed E-state index contributed by atoms with van der Waals surface area (Å²) in [5, 5.41) is 3.39. The molecule has 7 heteroatoms. The van der Waals surface area contributed by atoms with Gasteiger partial charge in [-0.05, 0) is 36.2 Å². The molecule has 0 bridgehead atoms. The van der Waals surface area contributed by atoms with Crippen LogP contribution in [0.1, 0.15) is 6.92 Å². The fourth-order valence-corrected chi connectivity index (χ4v) is 4.35. The number of aromatic nitrogens is 3. The third-order valence-corrected chi connectivity index (χ3v) is 7.09. The van der Waals surface area contributed by atoms with Crippen molar-refractivity contribution in [1.82, 2.24) is 14.5 Å². The van der Waals surface area contributed by atoms with Gasteiger partial charge in [0.1, 0.15) is 29.8 Å². The maximum atomic E-state index is 6.23. The Morgan fingerprint density at radius 2 is 1.67 bits per heavy atom. The lowest BCUT2D eigenvalue weighted by atomic mass is 10.1. The molecule has 4 aromatic rings.